The van der Waals surface area contributed by atoms with Gasteiger partial charge in [0.2, 0.25) is 4.96 Å². The van der Waals surface area contributed by atoms with E-state index in [4.69, 9.17) is 9.47 Å². The van der Waals surface area contributed by atoms with Crippen molar-refractivity contribution in [3.05, 3.63) is 69.0 Å². The Balaban J connectivity index is 1.54. The number of hydrogen-bond acceptors (Lipinski definition) is 6. The summed E-state index contributed by atoms with van der Waals surface area (Å²) in [5, 5.41) is 4.46. The topological polar surface area (TPSA) is 65.7 Å². The van der Waals surface area contributed by atoms with Gasteiger partial charge in [-0.05, 0) is 49.2 Å². The van der Waals surface area contributed by atoms with Gasteiger partial charge in [0, 0.05) is 11.1 Å². The zero-order chi connectivity index (χ0) is 23.0. The molecule has 0 unspecified atom stereocenters. The summed E-state index contributed by atoms with van der Waals surface area (Å²) in [4.78, 5) is 18.1. The Morgan fingerprint density at radius 2 is 1.70 bits per heavy atom. The molecule has 0 radical (unpaired) electrons. The minimum absolute atomic E-state index is 0.173. The maximum atomic E-state index is 13.0. The van der Waals surface area contributed by atoms with Crippen molar-refractivity contribution >= 4 is 22.4 Å². The molecular formula is C26H29N3O3S. The van der Waals surface area contributed by atoms with Crippen molar-refractivity contribution in [1.29, 1.82) is 0 Å². The van der Waals surface area contributed by atoms with Crippen LogP contribution in [0.2, 0.25) is 0 Å². The first-order valence-electron chi connectivity index (χ1n) is 11.6. The fourth-order valence-electron chi connectivity index (χ4n) is 3.40. The molecule has 0 fully saturated rings. The first-order valence-corrected chi connectivity index (χ1v) is 12.4. The van der Waals surface area contributed by atoms with Crippen LogP contribution in [-0.4, -0.2) is 27.8 Å². The van der Waals surface area contributed by atoms with Gasteiger partial charge in [-0.25, -0.2) is 0 Å². The highest BCUT2D eigenvalue weighted by atomic mass is 32.1. The fraction of sp³-hybridized carbons (Fsp3) is 0.346. The number of unbranched alkanes of at least 4 members (excludes halogenated alkanes) is 3. The van der Waals surface area contributed by atoms with E-state index in [1.165, 1.54) is 28.7 Å². The van der Waals surface area contributed by atoms with Crippen LogP contribution in [0.1, 0.15) is 51.5 Å². The molecule has 4 aromatic rings. The maximum Gasteiger partial charge on any atom is 0.291 e. The Morgan fingerprint density at radius 1 is 0.939 bits per heavy atom. The summed E-state index contributed by atoms with van der Waals surface area (Å²) in [5.41, 5.74) is 1.56. The Morgan fingerprint density at radius 3 is 2.45 bits per heavy atom. The lowest BCUT2D eigenvalue weighted by Crippen LogP contribution is -2.23. The van der Waals surface area contributed by atoms with Gasteiger partial charge in [-0.3, -0.25) is 4.79 Å². The molecule has 0 aliphatic carbocycles. The highest BCUT2D eigenvalue weighted by molar-refractivity contribution is 7.15. The zero-order valence-corrected chi connectivity index (χ0v) is 19.9. The molecular weight excluding hydrogens is 434 g/mol. The number of para-hydroxylation sites is 1. The molecule has 6 nitrogen and oxygen atoms in total. The molecule has 0 amide bonds. The van der Waals surface area contributed by atoms with Crippen molar-refractivity contribution in [2.24, 2.45) is 0 Å². The van der Waals surface area contributed by atoms with Crippen molar-refractivity contribution < 1.29 is 9.47 Å². The molecule has 2 heterocycles. The minimum Gasteiger partial charge on any atom is -0.494 e. The lowest BCUT2D eigenvalue weighted by atomic mass is 10.2. The first kappa shape index (κ1) is 23.0. The number of thiazole rings is 1. The summed E-state index contributed by atoms with van der Waals surface area (Å²) in [5.74, 6) is 2.14. The Hall–Kier alpha value is -3.19. The average Bonchev–Trinajstić information content (AvgIpc) is 3.38. The molecule has 0 aliphatic rings. The summed E-state index contributed by atoms with van der Waals surface area (Å²) in [6.07, 6.45) is 7.31. The van der Waals surface area contributed by atoms with E-state index < -0.39 is 0 Å². The molecule has 0 spiro atoms. The van der Waals surface area contributed by atoms with E-state index in [0.29, 0.717) is 21.9 Å². The van der Waals surface area contributed by atoms with Crippen molar-refractivity contribution in [2.75, 3.05) is 13.2 Å². The van der Waals surface area contributed by atoms with Crippen LogP contribution in [0.25, 0.3) is 22.4 Å². The molecule has 0 atom stereocenters. The predicted molar refractivity (Wildman–Crippen MR) is 133 cm³/mol. The number of nitrogens with zero attached hydrogens (tertiary/aromatic N) is 3. The van der Waals surface area contributed by atoms with Gasteiger partial charge in [0.25, 0.3) is 5.56 Å². The normalized spacial score (nSPS) is 11.9. The van der Waals surface area contributed by atoms with E-state index in [0.717, 1.165) is 48.5 Å². The van der Waals surface area contributed by atoms with E-state index in [9.17, 15) is 4.79 Å². The van der Waals surface area contributed by atoms with Gasteiger partial charge in [0.15, 0.2) is 5.82 Å². The van der Waals surface area contributed by atoms with E-state index >= 15 is 0 Å². The third kappa shape index (κ3) is 5.60. The standard InChI is InChI=1S/C26H29N3O3S/c1-3-5-9-17-31-21-14-12-19(13-15-21)24-27-26-29(28-24)25(30)23(33-26)18-20-10-7-8-11-22(20)32-16-6-4-2/h7-8,10-15,18H,3-6,9,16-17H2,1-2H3/b23-18-. The second kappa shape index (κ2) is 11.1. The largest absolute Gasteiger partial charge is 0.494 e. The highest BCUT2D eigenvalue weighted by Gasteiger charge is 2.13. The van der Waals surface area contributed by atoms with Crippen LogP contribution in [0, 0.1) is 0 Å². The lowest BCUT2D eigenvalue weighted by molar-refractivity contribution is 0.306. The van der Waals surface area contributed by atoms with Gasteiger partial charge in [0.1, 0.15) is 11.5 Å². The smallest absolute Gasteiger partial charge is 0.291 e. The average molecular weight is 464 g/mol. The molecule has 2 aromatic carbocycles. The molecule has 0 bridgehead atoms. The molecule has 0 saturated carbocycles. The first-order chi connectivity index (χ1) is 16.2. The van der Waals surface area contributed by atoms with Gasteiger partial charge < -0.3 is 9.47 Å². The van der Waals surface area contributed by atoms with Crippen LogP contribution in [0.3, 0.4) is 0 Å². The van der Waals surface area contributed by atoms with Gasteiger partial charge in [0.05, 0.1) is 17.7 Å². The van der Waals surface area contributed by atoms with Crippen LogP contribution in [0.15, 0.2) is 53.3 Å². The molecule has 7 heteroatoms. The van der Waals surface area contributed by atoms with Crippen molar-refractivity contribution in [3.8, 4) is 22.9 Å². The molecule has 4 rings (SSSR count). The predicted octanol–water partition coefficient (Wildman–Crippen LogP) is 5.11. The summed E-state index contributed by atoms with van der Waals surface area (Å²) in [7, 11) is 0. The fourth-order valence-corrected chi connectivity index (χ4v) is 4.30. The monoisotopic (exact) mass is 463 g/mol. The molecule has 0 N–H and O–H groups in total. The second-order valence-corrected chi connectivity index (χ2v) is 8.87. The van der Waals surface area contributed by atoms with Gasteiger partial charge in [-0.15, -0.1) is 5.10 Å². The van der Waals surface area contributed by atoms with Crippen molar-refractivity contribution in [1.82, 2.24) is 14.6 Å². The number of hydrogen-bond donors (Lipinski definition) is 0. The number of aromatic nitrogens is 3. The third-order valence-corrected chi connectivity index (χ3v) is 6.23. The zero-order valence-electron chi connectivity index (χ0n) is 19.1. The van der Waals surface area contributed by atoms with Crippen LogP contribution >= 0.6 is 11.3 Å². The van der Waals surface area contributed by atoms with Crippen LogP contribution in [-0.2, 0) is 0 Å². The number of rotatable bonds is 11. The van der Waals surface area contributed by atoms with E-state index in [1.807, 2.05) is 54.6 Å². The molecule has 0 saturated heterocycles. The molecule has 0 aliphatic heterocycles. The van der Waals surface area contributed by atoms with E-state index in [1.54, 1.807) is 0 Å². The number of benzene rings is 2. The minimum atomic E-state index is -0.173. The van der Waals surface area contributed by atoms with Crippen LogP contribution in [0.4, 0.5) is 0 Å². The van der Waals surface area contributed by atoms with E-state index in [-0.39, 0.29) is 5.56 Å². The van der Waals surface area contributed by atoms with Gasteiger partial charge in [-0.2, -0.15) is 9.50 Å². The summed E-state index contributed by atoms with van der Waals surface area (Å²) in [6.45, 7) is 5.68. The SMILES string of the molecule is CCCCCOc1ccc(-c2nc3s/c(=C\c4ccccc4OCCCC)c(=O)n3n2)cc1. The highest BCUT2D eigenvalue weighted by Crippen LogP contribution is 2.22. The Kier molecular flexibility index (Phi) is 7.73. The van der Waals surface area contributed by atoms with Crippen molar-refractivity contribution in [3.63, 3.8) is 0 Å². The molecule has 172 valence electrons. The third-order valence-electron chi connectivity index (χ3n) is 5.27. The van der Waals surface area contributed by atoms with Crippen molar-refractivity contribution in [2.45, 2.75) is 46.0 Å². The van der Waals surface area contributed by atoms with E-state index in [2.05, 4.69) is 23.9 Å². The summed E-state index contributed by atoms with van der Waals surface area (Å²) >= 11 is 1.33. The Labute approximate surface area is 197 Å². The summed E-state index contributed by atoms with van der Waals surface area (Å²) in [6, 6.07) is 15.5. The van der Waals surface area contributed by atoms with Gasteiger partial charge in [-0.1, -0.05) is 62.6 Å². The van der Waals surface area contributed by atoms with Crippen LogP contribution < -0.4 is 19.6 Å². The lowest BCUT2D eigenvalue weighted by Gasteiger charge is -2.07. The van der Waals surface area contributed by atoms with Crippen LogP contribution in [0.5, 0.6) is 11.5 Å². The summed E-state index contributed by atoms with van der Waals surface area (Å²) < 4.78 is 13.6. The number of fused-ring (bicyclic) bond motifs is 1. The molecule has 2 aromatic heterocycles. The number of ether oxygens (including phenoxy) is 2. The molecule has 33 heavy (non-hydrogen) atoms. The quantitative estimate of drug-likeness (QED) is 0.289. The second-order valence-electron chi connectivity index (χ2n) is 7.87. The Bertz CT molecular complexity index is 1290. The van der Waals surface area contributed by atoms with Gasteiger partial charge >= 0.3 is 0 Å². The maximum absolute atomic E-state index is 13.0.